The summed E-state index contributed by atoms with van der Waals surface area (Å²) in [5.41, 5.74) is 0. The minimum atomic E-state index is -0.0501. The van der Waals surface area contributed by atoms with Crippen LogP contribution in [0.2, 0.25) is 0 Å². The van der Waals surface area contributed by atoms with Crippen molar-refractivity contribution in [3.05, 3.63) is 12.4 Å². The fraction of sp³-hybridized carbons (Fsp3) is 0.800. The summed E-state index contributed by atoms with van der Waals surface area (Å²) >= 11 is 0. The average Bonchev–Trinajstić information content (AvgIpc) is 3.07. The van der Waals surface area contributed by atoms with E-state index in [-0.39, 0.29) is 6.17 Å². The molecule has 0 radical (unpaired) electrons. The maximum Gasteiger partial charge on any atom is 0.142 e. The number of hydrogen-bond acceptors (Lipinski definition) is 5. The molecule has 2 rings (SSSR count). The normalized spacial score (nSPS) is 25.2. The lowest BCUT2D eigenvalue weighted by molar-refractivity contribution is -0.0464. The van der Waals surface area contributed by atoms with Crippen LogP contribution in [0.4, 0.5) is 0 Å². The van der Waals surface area contributed by atoms with Gasteiger partial charge in [0.25, 0.3) is 0 Å². The topological polar surface area (TPSA) is 48.3 Å². The average molecular weight is 281 g/mol. The number of hydrogen-bond donors (Lipinski definition) is 1. The summed E-state index contributed by atoms with van der Waals surface area (Å²) < 4.78 is 6.18. The molecular weight excluding hydrogens is 254 g/mol. The first kappa shape index (κ1) is 15.2. The molecule has 0 spiro atoms. The second-order valence-corrected chi connectivity index (χ2v) is 5.82. The molecule has 1 aliphatic heterocycles. The van der Waals surface area contributed by atoms with Crippen LogP contribution in [0.25, 0.3) is 0 Å². The molecule has 114 valence electrons. The van der Waals surface area contributed by atoms with E-state index in [9.17, 15) is 0 Å². The van der Waals surface area contributed by atoms with Crippen LogP contribution in [0, 0.1) is 5.92 Å². The van der Waals surface area contributed by atoms with Crippen LogP contribution in [0.15, 0.2) is 17.6 Å². The van der Waals surface area contributed by atoms with Crippen LogP contribution in [-0.4, -0.2) is 47.3 Å². The Morgan fingerprint density at radius 1 is 1.40 bits per heavy atom. The summed E-state index contributed by atoms with van der Waals surface area (Å²) in [5.74, 6) is 0.726. The Balaban J connectivity index is 1.86. The summed E-state index contributed by atoms with van der Waals surface area (Å²) in [5, 5.41) is 11.9. The standard InChI is InChI=1S/C15H27N3O2/c1-3-6-14(13-7-4-5-8-13)20-12-18-10-9-17(2)15(18)11-16-19/h9-11,13-15,19H,3-8,12H2,1-2H3/b16-11-. The van der Waals surface area contributed by atoms with Crippen molar-refractivity contribution in [1.29, 1.82) is 0 Å². The van der Waals surface area contributed by atoms with Gasteiger partial charge in [-0.15, -0.1) is 0 Å². The molecule has 0 bridgehead atoms. The third kappa shape index (κ3) is 3.66. The van der Waals surface area contributed by atoms with Crippen LogP contribution >= 0.6 is 0 Å². The molecule has 1 heterocycles. The van der Waals surface area contributed by atoms with Gasteiger partial charge in [0.05, 0.1) is 12.3 Å². The van der Waals surface area contributed by atoms with E-state index in [0.29, 0.717) is 12.8 Å². The highest BCUT2D eigenvalue weighted by atomic mass is 16.5. The van der Waals surface area contributed by atoms with E-state index in [1.807, 2.05) is 24.3 Å². The van der Waals surface area contributed by atoms with Gasteiger partial charge in [-0.3, -0.25) is 0 Å². The van der Waals surface area contributed by atoms with E-state index in [0.717, 1.165) is 12.3 Å². The highest BCUT2D eigenvalue weighted by molar-refractivity contribution is 5.64. The zero-order valence-corrected chi connectivity index (χ0v) is 12.6. The van der Waals surface area contributed by atoms with Crippen molar-refractivity contribution in [3.8, 4) is 0 Å². The predicted molar refractivity (Wildman–Crippen MR) is 79.4 cm³/mol. The molecule has 2 aliphatic rings. The lowest BCUT2D eigenvalue weighted by atomic mass is 9.97. The summed E-state index contributed by atoms with van der Waals surface area (Å²) in [6.07, 6.45) is 13.4. The first-order valence-electron chi connectivity index (χ1n) is 7.71. The molecule has 1 aliphatic carbocycles. The highest BCUT2D eigenvalue weighted by Gasteiger charge is 2.27. The summed E-state index contributed by atoms with van der Waals surface area (Å²) in [7, 11) is 1.96. The van der Waals surface area contributed by atoms with Crippen molar-refractivity contribution in [3.63, 3.8) is 0 Å². The van der Waals surface area contributed by atoms with Crippen LogP contribution in [0.3, 0.4) is 0 Å². The number of nitrogens with zero attached hydrogens (tertiary/aromatic N) is 3. The van der Waals surface area contributed by atoms with Crippen molar-refractivity contribution in [2.24, 2.45) is 11.1 Å². The quantitative estimate of drug-likeness (QED) is 0.443. The monoisotopic (exact) mass is 281 g/mol. The van der Waals surface area contributed by atoms with Gasteiger partial charge in [-0.25, -0.2) is 0 Å². The lowest BCUT2D eigenvalue weighted by Gasteiger charge is -2.30. The third-order valence-corrected chi connectivity index (χ3v) is 4.39. The Kier molecular flexibility index (Phi) is 5.71. The van der Waals surface area contributed by atoms with Crippen molar-refractivity contribution in [2.75, 3.05) is 13.8 Å². The molecule has 0 saturated heterocycles. The van der Waals surface area contributed by atoms with Gasteiger partial charge in [-0.05, 0) is 25.2 Å². The van der Waals surface area contributed by atoms with E-state index in [1.165, 1.54) is 38.3 Å². The van der Waals surface area contributed by atoms with E-state index >= 15 is 0 Å². The Hall–Kier alpha value is -1.23. The molecule has 2 unspecified atom stereocenters. The van der Waals surface area contributed by atoms with Gasteiger partial charge in [0.2, 0.25) is 0 Å². The van der Waals surface area contributed by atoms with Crippen molar-refractivity contribution in [2.45, 2.75) is 57.7 Å². The van der Waals surface area contributed by atoms with E-state index < -0.39 is 0 Å². The van der Waals surface area contributed by atoms with Crippen LogP contribution in [0.5, 0.6) is 0 Å². The molecule has 1 saturated carbocycles. The maximum atomic E-state index is 8.74. The molecule has 0 aromatic heterocycles. The first-order chi connectivity index (χ1) is 9.76. The van der Waals surface area contributed by atoms with Gasteiger partial charge < -0.3 is 19.7 Å². The molecule has 2 atom stereocenters. The van der Waals surface area contributed by atoms with Crippen LogP contribution in [-0.2, 0) is 4.74 Å². The SMILES string of the molecule is CCCC(OCN1C=CN(C)C1/C=N\O)C1CCCC1. The van der Waals surface area contributed by atoms with Gasteiger partial charge in [-0.1, -0.05) is 31.3 Å². The van der Waals surface area contributed by atoms with E-state index in [4.69, 9.17) is 9.94 Å². The van der Waals surface area contributed by atoms with Gasteiger partial charge in [0, 0.05) is 19.4 Å². The minimum absolute atomic E-state index is 0.0501. The Morgan fingerprint density at radius 2 is 2.15 bits per heavy atom. The van der Waals surface area contributed by atoms with Crippen molar-refractivity contribution < 1.29 is 9.94 Å². The number of rotatable bonds is 7. The summed E-state index contributed by atoms with van der Waals surface area (Å²) in [6.45, 7) is 2.77. The van der Waals surface area contributed by atoms with E-state index in [1.54, 1.807) is 0 Å². The zero-order chi connectivity index (χ0) is 14.4. The second-order valence-electron chi connectivity index (χ2n) is 5.82. The van der Waals surface area contributed by atoms with Gasteiger partial charge in [-0.2, -0.15) is 0 Å². The van der Waals surface area contributed by atoms with Gasteiger partial charge in [0.1, 0.15) is 12.9 Å². The van der Waals surface area contributed by atoms with Crippen LogP contribution in [0.1, 0.15) is 45.4 Å². The molecule has 0 aromatic rings. The third-order valence-electron chi connectivity index (χ3n) is 4.39. The fourth-order valence-corrected chi connectivity index (χ4v) is 3.22. The zero-order valence-electron chi connectivity index (χ0n) is 12.6. The fourth-order valence-electron chi connectivity index (χ4n) is 3.22. The Labute approximate surface area is 121 Å². The summed E-state index contributed by atoms with van der Waals surface area (Å²) in [6, 6.07) is 0. The largest absolute Gasteiger partial charge is 0.411 e. The van der Waals surface area contributed by atoms with Crippen molar-refractivity contribution in [1.82, 2.24) is 9.80 Å². The number of ether oxygens (including phenoxy) is 1. The lowest BCUT2D eigenvalue weighted by Crippen LogP contribution is -2.40. The minimum Gasteiger partial charge on any atom is -0.411 e. The smallest absolute Gasteiger partial charge is 0.142 e. The Bertz CT molecular complexity index is 340. The maximum absolute atomic E-state index is 8.74. The molecule has 0 amide bonds. The first-order valence-corrected chi connectivity index (χ1v) is 7.71. The molecule has 20 heavy (non-hydrogen) atoms. The van der Waals surface area contributed by atoms with Gasteiger partial charge >= 0.3 is 0 Å². The molecular formula is C15H27N3O2. The molecule has 1 N–H and O–H groups in total. The Morgan fingerprint density at radius 3 is 2.80 bits per heavy atom. The molecule has 5 nitrogen and oxygen atoms in total. The van der Waals surface area contributed by atoms with Crippen LogP contribution < -0.4 is 0 Å². The molecule has 5 heteroatoms. The van der Waals surface area contributed by atoms with E-state index in [2.05, 4.69) is 17.0 Å². The number of oxime groups is 1. The van der Waals surface area contributed by atoms with Crippen molar-refractivity contribution >= 4 is 6.21 Å². The highest BCUT2D eigenvalue weighted by Crippen LogP contribution is 2.31. The summed E-state index contributed by atoms with van der Waals surface area (Å²) in [4.78, 5) is 4.05. The molecule has 1 fully saturated rings. The second kappa shape index (κ2) is 7.53. The van der Waals surface area contributed by atoms with Gasteiger partial charge in [0.15, 0.2) is 0 Å². The molecule has 0 aromatic carbocycles. The predicted octanol–water partition coefficient (Wildman–Crippen LogP) is 2.82.